The number of aliphatic carboxylic acids is 1. The van der Waals surface area contributed by atoms with Crippen molar-refractivity contribution in [2.24, 2.45) is 0 Å². The summed E-state index contributed by atoms with van der Waals surface area (Å²) in [7, 11) is 4.40. The summed E-state index contributed by atoms with van der Waals surface area (Å²) in [4.78, 5) is 24.3. The highest BCUT2D eigenvalue weighted by atomic mass is 16.5. The highest BCUT2D eigenvalue weighted by Crippen LogP contribution is 2.38. The second kappa shape index (κ2) is 9.35. The number of benzene rings is 2. The standard InChI is InChI=1S/C23H27NO6/c1-23(2,3)16-9-7-15(8-10-16)21(25)24-17(22(26)27)11-14-12-18(28-4)20(30-6)19(13-14)29-5/h7-13H,1-6H3,(H,24,25)(H,26,27)/b17-11+. The smallest absolute Gasteiger partial charge is 0.352 e. The van der Waals surface area contributed by atoms with Crippen LogP contribution in [0.15, 0.2) is 42.1 Å². The first kappa shape index (κ1) is 22.8. The molecule has 1 amide bonds. The lowest BCUT2D eigenvalue weighted by Crippen LogP contribution is -2.27. The largest absolute Gasteiger partial charge is 0.493 e. The van der Waals surface area contributed by atoms with Crippen molar-refractivity contribution in [1.29, 1.82) is 0 Å². The molecule has 7 heteroatoms. The van der Waals surface area contributed by atoms with Crippen LogP contribution in [0.4, 0.5) is 0 Å². The number of hydrogen-bond donors (Lipinski definition) is 2. The third-order valence-electron chi connectivity index (χ3n) is 4.49. The number of amides is 1. The normalized spacial score (nSPS) is 11.6. The number of ether oxygens (including phenoxy) is 3. The van der Waals surface area contributed by atoms with E-state index in [1.54, 1.807) is 24.3 Å². The molecule has 0 aliphatic heterocycles. The van der Waals surface area contributed by atoms with Crippen molar-refractivity contribution in [3.05, 3.63) is 58.8 Å². The lowest BCUT2D eigenvalue weighted by molar-refractivity contribution is -0.132. The Bertz CT molecular complexity index is 930. The fraction of sp³-hybridized carbons (Fsp3) is 0.304. The number of carbonyl (C=O) groups is 2. The van der Waals surface area contributed by atoms with Gasteiger partial charge in [-0.3, -0.25) is 4.79 Å². The summed E-state index contributed by atoms with van der Waals surface area (Å²) >= 11 is 0. The number of hydrogen-bond acceptors (Lipinski definition) is 5. The Morgan fingerprint density at radius 2 is 1.47 bits per heavy atom. The van der Waals surface area contributed by atoms with Gasteiger partial charge in [-0.15, -0.1) is 0 Å². The number of carbonyl (C=O) groups excluding carboxylic acids is 1. The highest BCUT2D eigenvalue weighted by molar-refractivity contribution is 6.02. The minimum Gasteiger partial charge on any atom is -0.493 e. The molecule has 2 rings (SSSR count). The molecule has 0 aromatic heterocycles. The summed E-state index contributed by atoms with van der Waals surface area (Å²) in [5.41, 5.74) is 1.57. The molecule has 0 heterocycles. The number of rotatable bonds is 7. The summed E-state index contributed by atoms with van der Waals surface area (Å²) in [6.45, 7) is 6.22. The molecule has 2 aromatic rings. The third kappa shape index (κ3) is 5.31. The minimum atomic E-state index is -1.27. The highest BCUT2D eigenvalue weighted by Gasteiger charge is 2.18. The van der Waals surface area contributed by atoms with Crippen molar-refractivity contribution in [2.75, 3.05) is 21.3 Å². The zero-order chi connectivity index (χ0) is 22.5. The van der Waals surface area contributed by atoms with Crippen LogP contribution in [0.1, 0.15) is 42.3 Å². The SMILES string of the molecule is COc1cc(/C=C(/NC(=O)c2ccc(C(C)(C)C)cc2)C(=O)O)cc(OC)c1OC. The second-order valence-corrected chi connectivity index (χ2v) is 7.60. The number of nitrogens with one attached hydrogen (secondary N) is 1. The Labute approximate surface area is 176 Å². The predicted octanol–water partition coefficient (Wildman–Crippen LogP) is 3.87. The fourth-order valence-corrected chi connectivity index (χ4v) is 2.82. The van der Waals surface area contributed by atoms with Crippen molar-refractivity contribution >= 4 is 18.0 Å². The Kier molecular flexibility index (Phi) is 7.10. The van der Waals surface area contributed by atoms with E-state index in [-0.39, 0.29) is 11.1 Å². The molecule has 0 saturated heterocycles. The van der Waals surface area contributed by atoms with Crippen molar-refractivity contribution in [2.45, 2.75) is 26.2 Å². The van der Waals surface area contributed by atoms with E-state index < -0.39 is 11.9 Å². The van der Waals surface area contributed by atoms with E-state index in [0.29, 0.717) is 28.4 Å². The van der Waals surface area contributed by atoms with Crippen molar-refractivity contribution in [1.82, 2.24) is 5.32 Å². The summed E-state index contributed by atoms with van der Waals surface area (Å²) in [6.07, 6.45) is 1.33. The molecule has 0 bridgehead atoms. The quantitative estimate of drug-likeness (QED) is 0.670. The van der Waals surface area contributed by atoms with Crippen LogP contribution in [0.25, 0.3) is 6.08 Å². The van der Waals surface area contributed by atoms with Gasteiger partial charge in [0.1, 0.15) is 5.70 Å². The average molecular weight is 413 g/mol. The lowest BCUT2D eigenvalue weighted by Gasteiger charge is -2.19. The number of methoxy groups -OCH3 is 3. The van der Waals surface area contributed by atoms with Gasteiger partial charge in [-0.25, -0.2) is 4.79 Å². The van der Waals surface area contributed by atoms with Gasteiger partial charge in [-0.1, -0.05) is 32.9 Å². The Morgan fingerprint density at radius 3 is 1.87 bits per heavy atom. The van der Waals surface area contributed by atoms with E-state index in [9.17, 15) is 14.7 Å². The summed E-state index contributed by atoms with van der Waals surface area (Å²) in [5, 5.41) is 12.0. The Balaban J connectivity index is 2.35. The second-order valence-electron chi connectivity index (χ2n) is 7.60. The van der Waals surface area contributed by atoms with Crippen LogP contribution in [-0.2, 0) is 10.2 Å². The molecule has 30 heavy (non-hydrogen) atoms. The molecule has 0 aliphatic rings. The molecule has 2 N–H and O–H groups in total. The monoisotopic (exact) mass is 413 g/mol. The first-order valence-electron chi connectivity index (χ1n) is 9.27. The van der Waals surface area contributed by atoms with Gasteiger partial charge in [0, 0.05) is 5.56 Å². The van der Waals surface area contributed by atoms with Gasteiger partial charge in [-0.05, 0) is 46.9 Å². The molecule has 160 valence electrons. The van der Waals surface area contributed by atoms with Crippen LogP contribution in [0.5, 0.6) is 17.2 Å². The van der Waals surface area contributed by atoms with Crippen LogP contribution in [0, 0.1) is 0 Å². The molecule has 0 unspecified atom stereocenters. The number of carboxylic acid groups (broad SMARTS) is 1. The molecule has 0 spiro atoms. The molecule has 0 radical (unpaired) electrons. The van der Waals surface area contributed by atoms with E-state index in [4.69, 9.17) is 14.2 Å². The maximum absolute atomic E-state index is 12.6. The van der Waals surface area contributed by atoms with E-state index in [2.05, 4.69) is 26.1 Å². The zero-order valence-electron chi connectivity index (χ0n) is 18.0. The van der Waals surface area contributed by atoms with Crippen molar-refractivity contribution in [3.8, 4) is 17.2 Å². The van der Waals surface area contributed by atoms with Crippen LogP contribution in [0.3, 0.4) is 0 Å². The first-order chi connectivity index (χ1) is 14.1. The Morgan fingerprint density at radius 1 is 0.933 bits per heavy atom. The minimum absolute atomic E-state index is 0.0480. The van der Waals surface area contributed by atoms with E-state index >= 15 is 0 Å². The van der Waals surface area contributed by atoms with Crippen LogP contribution in [-0.4, -0.2) is 38.3 Å². The van der Waals surface area contributed by atoms with Gasteiger partial charge >= 0.3 is 5.97 Å². The van der Waals surface area contributed by atoms with Crippen LogP contribution < -0.4 is 19.5 Å². The maximum atomic E-state index is 12.6. The molecule has 0 saturated carbocycles. The molecule has 0 fully saturated rings. The fourth-order valence-electron chi connectivity index (χ4n) is 2.82. The lowest BCUT2D eigenvalue weighted by atomic mass is 9.87. The van der Waals surface area contributed by atoms with Gasteiger partial charge in [0.05, 0.1) is 21.3 Å². The van der Waals surface area contributed by atoms with Gasteiger partial charge in [0.2, 0.25) is 5.75 Å². The summed E-state index contributed by atoms with van der Waals surface area (Å²) in [6, 6.07) is 10.3. The van der Waals surface area contributed by atoms with Crippen LogP contribution >= 0.6 is 0 Å². The molecule has 2 aromatic carbocycles. The van der Waals surface area contributed by atoms with Crippen molar-refractivity contribution < 1.29 is 28.9 Å². The molecular weight excluding hydrogens is 386 g/mol. The van der Waals surface area contributed by atoms with Gasteiger partial charge in [-0.2, -0.15) is 0 Å². The third-order valence-corrected chi connectivity index (χ3v) is 4.49. The topological polar surface area (TPSA) is 94.1 Å². The molecular formula is C23H27NO6. The van der Waals surface area contributed by atoms with E-state index in [1.165, 1.54) is 27.4 Å². The number of carboxylic acids is 1. The summed E-state index contributed by atoms with van der Waals surface area (Å²) < 4.78 is 15.8. The first-order valence-corrected chi connectivity index (χ1v) is 9.27. The Hall–Kier alpha value is -3.48. The van der Waals surface area contributed by atoms with Gasteiger partial charge in [0.15, 0.2) is 11.5 Å². The van der Waals surface area contributed by atoms with Gasteiger partial charge in [0.25, 0.3) is 5.91 Å². The van der Waals surface area contributed by atoms with Crippen molar-refractivity contribution in [3.63, 3.8) is 0 Å². The zero-order valence-corrected chi connectivity index (χ0v) is 18.0. The molecule has 0 aliphatic carbocycles. The van der Waals surface area contributed by atoms with E-state index in [1.807, 2.05) is 12.1 Å². The van der Waals surface area contributed by atoms with Crippen LogP contribution in [0.2, 0.25) is 0 Å². The average Bonchev–Trinajstić information content (AvgIpc) is 2.71. The summed E-state index contributed by atoms with van der Waals surface area (Å²) in [5.74, 6) is -0.661. The van der Waals surface area contributed by atoms with E-state index in [0.717, 1.165) is 5.56 Å². The molecule has 0 atom stereocenters. The molecule has 7 nitrogen and oxygen atoms in total. The predicted molar refractivity (Wildman–Crippen MR) is 114 cm³/mol. The van der Waals surface area contributed by atoms with Gasteiger partial charge < -0.3 is 24.6 Å². The maximum Gasteiger partial charge on any atom is 0.352 e.